The predicted molar refractivity (Wildman–Crippen MR) is 185 cm³/mol. The van der Waals surface area contributed by atoms with Gasteiger partial charge < -0.3 is 84.0 Å². The highest BCUT2D eigenvalue weighted by Gasteiger charge is 2.26. The summed E-state index contributed by atoms with van der Waals surface area (Å²) in [6.07, 6.45) is 0.210. The Balaban J connectivity index is -0.000000128. The van der Waals surface area contributed by atoms with E-state index in [2.05, 4.69) is 21.1 Å². The molecule has 21 N–H and O–H groups in total. The van der Waals surface area contributed by atoms with Crippen LogP contribution in [0.3, 0.4) is 0 Å². The molecular weight excluding hydrogens is 762 g/mol. The number of aliphatic carboxylic acids is 5. The lowest BCUT2D eigenvalue weighted by Gasteiger charge is -2.15. The Kier molecular flexibility index (Phi) is 34.9. The molecule has 0 aromatic heterocycles. The minimum Gasteiger partial charge on any atom is -0.480 e. The van der Waals surface area contributed by atoms with Crippen molar-refractivity contribution in [3.63, 3.8) is 0 Å². The highest BCUT2D eigenvalue weighted by atomic mass is 35.5. The van der Waals surface area contributed by atoms with Crippen LogP contribution in [0, 0.1) is 21.6 Å². The minimum atomic E-state index is -1.60. The zero-order chi connectivity index (χ0) is 41.9. The fourth-order valence-corrected chi connectivity index (χ4v) is 2.20. The highest BCUT2D eigenvalue weighted by Crippen LogP contribution is 2.05. The summed E-state index contributed by atoms with van der Waals surface area (Å²) < 4.78 is 3.97. The van der Waals surface area contributed by atoms with Gasteiger partial charge in [-0.25, -0.2) is 24.0 Å². The van der Waals surface area contributed by atoms with E-state index in [0.717, 1.165) is 9.80 Å². The molecule has 2 heterocycles. The first-order valence-corrected chi connectivity index (χ1v) is 13.6. The van der Waals surface area contributed by atoms with E-state index in [4.69, 9.17) is 64.4 Å². The highest BCUT2D eigenvalue weighted by molar-refractivity contribution is 6.34. The maximum atomic E-state index is 10.4. The molecule has 0 saturated carbocycles. The van der Waals surface area contributed by atoms with Crippen LogP contribution in [0.4, 0.5) is 4.79 Å². The number of carboxylic acid groups (broad SMARTS) is 5. The molecule has 310 valence electrons. The second-order valence-corrected chi connectivity index (χ2v) is 9.39. The second kappa shape index (κ2) is 31.9. The quantitative estimate of drug-likeness (QED) is 0.0339. The van der Waals surface area contributed by atoms with Gasteiger partial charge in [0, 0.05) is 40.5 Å². The van der Waals surface area contributed by atoms with Gasteiger partial charge in [0.05, 0.1) is 0 Å². The zero-order valence-corrected chi connectivity index (χ0v) is 29.7. The van der Waals surface area contributed by atoms with Crippen LogP contribution in [-0.4, -0.2) is 176 Å². The van der Waals surface area contributed by atoms with Gasteiger partial charge in [-0.15, -0.1) is 12.4 Å². The number of nitrogens with zero attached hydrogens (tertiary/aromatic N) is 3. The predicted octanol–water partition coefficient (Wildman–Crippen LogP) is -6.15. The molecule has 2 fully saturated rings. The van der Waals surface area contributed by atoms with E-state index in [-0.39, 0.29) is 80.0 Å². The molecule has 2 aliphatic rings. The number of carboxylic acids is 5. The van der Waals surface area contributed by atoms with Crippen LogP contribution >= 0.6 is 12.4 Å². The third-order valence-electron chi connectivity index (χ3n) is 5.02. The van der Waals surface area contributed by atoms with Gasteiger partial charge in [0.15, 0.2) is 17.9 Å². The lowest BCUT2D eigenvalue weighted by molar-refractivity contribution is -0.148. The number of alkyl carbamates (subject to hydrolysis) is 1. The van der Waals surface area contributed by atoms with Gasteiger partial charge in [-0.1, -0.05) is 0 Å². The standard InChI is InChI=1S/C6H12N4O2.C5H7NO3.2C4H9N3O2.C3H3NO3.C2H3NO3.ClH.H2O/c1-10(6(8)9)3-2-4(7)5(11)12;7-4-2-1-3(6-4)5(8)9;2*1-7(4(5)6)2-3(8)9;5-2-1-4-3(6)7-2;3-1(4)2(5)6;;/h7H,2-3H2,1H3,(H3,8,9)(H,11,12);3H,1-2H2,(H,6,7)(H,8,9);2*2H2,1H3,(H3,5,6)(H,8,9);1H2,(H,4,6);(H2,3,4)(H,5,6);1H;1H2. The number of nitrogens with one attached hydrogen (secondary N) is 6. The van der Waals surface area contributed by atoms with E-state index in [1.807, 2.05) is 0 Å². The molecule has 29 nitrogen and oxygen atoms in total. The summed E-state index contributed by atoms with van der Waals surface area (Å²) in [5, 5.41) is 72.2. The molecule has 1 atom stereocenters. The molecule has 0 aromatic rings. The number of nitrogens with two attached hydrogens (primary N) is 4. The van der Waals surface area contributed by atoms with E-state index in [9.17, 15) is 43.2 Å². The maximum absolute atomic E-state index is 10.4. The van der Waals surface area contributed by atoms with E-state index in [1.54, 1.807) is 7.05 Å². The fraction of sp³-hybridized carbons (Fsp3) is 0.458. The molecular formula is C24H46ClN13O16. The second-order valence-electron chi connectivity index (χ2n) is 9.39. The van der Waals surface area contributed by atoms with Crippen LogP contribution in [0.15, 0.2) is 0 Å². The fourth-order valence-electron chi connectivity index (χ4n) is 2.20. The molecule has 30 heteroatoms. The first-order valence-electron chi connectivity index (χ1n) is 13.6. The Bertz CT molecular complexity index is 1300. The zero-order valence-electron chi connectivity index (χ0n) is 28.9. The molecule has 1 unspecified atom stereocenters. The number of halogens is 1. The number of hydrogen-bond donors (Lipinski definition) is 15. The van der Waals surface area contributed by atoms with Gasteiger partial charge in [0.1, 0.15) is 31.4 Å². The van der Waals surface area contributed by atoms with E-state index in [0.29, 0.717) is 12.8 Å². The van der Waals surface area contributed by atoms with Crippen LogP contribution in [0.1, 0.15) is 19.3 Å². The van der Waals surface area contributed by atoms with Crippen LogP contribution < -0.4 is 33.6 Å². The van der Waals surface area contributed by atoms with Gasteiger partial charge >= 0.3 is 47.8 Å². The van der Waals surface area contributed by atoms with Crippen molar-refractivity contribution in [1.82, 2.24) is 25.3 Å². The molecule has 0 aliphatic carbocycles. The number of ether oxygens (including phenoxy) is 1. The van der Waals surface area contributed by atoms with Crippen molar-refractivity contribution in [3.8, 4) is 0 Å². The Labute approximate surface area is 311 Å². The SMILES string of the molecule is CN(CC(=O)O)C(=N)N.CN(CC(=O)O)C(=N)N.CN(CCC(=N)C(=O)O)C(=N)N.Cl.NC(=O)C(=O)O.O.O=C1CCC(C(=O)O)N1.O=C1CNC(=O)O1. The van der Waals surface area contributed by atoms with Crippen molar-refractivity contribution < 1.29 is 78.9 Å². The number of amides is 3. The van der Waals surface area contributed by atoms with E-state index < -0.39 is 53.9 Å². The number of carbonyl (C=O) groups excluding carboxylic acids is 4. The molecule has 0 bridgehead atoms. The summed E-state index contributed by atoms with van der Waals surface area (Å²) >= 11 is 0. The summed E-state index contributed by atoms with van der Waals surface area (Å²) in [7, 11) is 4.45. The topological polar surface area (TPSA) is 529 Å². The first-order chi connectivity index (χ1) is 23.6. The summed E-state index contributed by atoms with van der Waals surface area (Å²) in [6, 6.07) is -0.641. The number of guanidine groups is 3. The smallest absolute Gasteiger partial charge is 0.415 e. The van der Waals surface area contributed by atoms with Gasteiger partial charge in [0.2, 0.25) is 5.91 Å². The lowest BCUT2D eigenvalue weighted by atomic mass is 10.2. The van der Waals surface area contributed by atoms with Crippen molar-refractivity contribution in [3.05, 3.63) is 0 Å². The average molecular weight is 808 g/mol. The molecule has 2 aliphatic heterocycles. The Morgan fingerprint density at radius 3 is 1.30 bits per heavy atom. The molecule has 2 rings (SSSR count). The molecule has 0 radical (unpaired) electrons. The van der Waals surface area contributed by atoms with Crippen molar-refractivity contribution in [2.24, 2.45) is 22.9 Å². The van der Waals surface area contributed by atoms with Gasteiger partial charge in [0.25, 0.3) is 0 Å². The van der Waals surface area contributed by atoms with Crippen molar-refractivity contribution in [2.45, 2.75) is 25.3 Å². The summed E-state index contributed by atoms with van der Waals surface area (Å²) in [5.74, 6) is -8.37. The van der Waals surface area contributed by atoms with Crippen molar-refractivity contribution >= 4 is 89.7 Å². The lowest BCUT2D eigenvalue weighted by Crippen LogP contribution is -2.36. The normalized spacial score (nSPS) is 12.4. The van der Waals surface area contributed by atoms with Crippen LogP contribution in [0.25, 0.3) is 0 Å². The van der Waals surface area contributed by atoms with E-state index >= 15 is 0 Å². The number of cyclic esters (lactones) is 2. The molecule has 0 aromatic carbocycles. The minimum absolute atomic E-state index is 0. The summed E-state index contributed by atoms with van der Waals surface area (Å²) in [5.41, 5.74) is 18.8. The first kappa shape index (κ1) is 59.1. The van der Waals surface area contributed by atoms with Gasteiger partial charge in [-0.3, -0.25) is 40.8 Å². The van der Waals surface area contributed by atoms with E-state index in [1.165, 1.54) is 19.0 Å². The number of primary amides is 1. The Hall–Kier alpha value is -7.04. The average Bonchev–Trinajstić information content (AvgIpc) is 3.62. The molecule has 54 heavy (non-hydrogen) atoms. The van der Waals surface area contributed by atoms with Gasteiger partial charge in [-0.05, 0) is 6.42 Å². The van der Waals surface area contributed by atoms with Crippen molar-refractivity contribution in [1.29, 1.82) is 21.6 Å². The number of esters is 1. The summed E-state index contributed by atoms with van der Waals surface area (Å²) in [6.45, 7) is -0.163. The largest absolute Gasteiger partial charge is 0.480 e. The Morgan fingerprint density at radius 2 is 1.15 bits per heavy atom. The number of likely N-dealkylation sites (N-methyl/N-ethyl adjacent to an activating group) is 2. The number of hydrogen-bond acceptors (Lipinski definition) is 14. The molecule has 3 amide bonds. The molecule has 2 saturated heterocycles. The number of rotatable bonds is 9. The monoisotopic (exact) mass is 807 g/mol. The summed E-state index contributed by atoms with van der Waals surface area (Å²) in [4.78, 5) is 92.5. The number of carbonyl (C=O) groups is 9. The Morgan fingerprint density at radius 1 is 0.759 bits per heavy atom. The van der Waals surface area contributed by atoms with Crippen LogP contribution in [-0.2, 0) is 43.1 Å². The molecule has 0 spiro atoms. The third-order valence-corrected chi connectivity index (χ3v) is 5.02. The van der Waals surface area contributed by atoms with Crippen LogP contribution in [0.2, 0.25) is 0 Å². The van der Waals surface area contributed by atoms with Gasteiger partial charge in [-0.2, -0.15) is 0 Å². The van der Waals surface area contributed by atoms with Crippen molar-refractivity contribution in [2.75, 3.05) is 47.3 Å². The third kappa shape index (κ3) is 37.8. The maximum Gasteiger partial charge on any atom is 0.415 e. The van der Waals surface area contributed by atoms with Crippen LogP contribution in [0.5, 0.6) is 0 Å².